The average molecular weight is 255 g/mol. The number of rotatable bonds is 5. The molecule has 18 heavy (non-hydrogen) atoms. The third kappa shape index (κ3) is 3.22. The molecule has 2 atom stereocenters. The number of piperazine rings is 1. The average Bonchev–Trinajstić information content (AvgIpc) is 2.98. The van der Waals surface area contributed by atoms with Gasteiger partial charge in [-0.15, -0.1) is 0 Å². The van der Waals surface area contributed by atoms with Crippen LogP contribution in [0, 0.1) is 5.92 Å². The van der Waals surface area contributed by atoms with Crippen LogP contribution in [0.3, 0.4) is 0 Å². The zero-order valence-electron chi connectivity index (χ0n) is 11.5. The smallest absolute Gasteiger partial charge is 0.219 e. The van der Waals surface area contributed by atoms with Gasteiger partial charge >= 0.3 is 0 Å². The van der Waals surface area contributed by atoms with Gasteiger partial charge < -0.3 is 15.4 Å². The Kier molecular flexibility index (Phi) is 4.25. The van der Waals surface area contributed by atoms with Gasteiger partial charge in [-0.2, -0.15) is 0 Å². The van der Waals surface area contributed by atoms with E-state index in [0.29, 0.717) is 12.5 Å². The van der Waals surface area contributed by atoms with E-state index >= 15 is 0 Å². The third-order valence-corrected chi connectivity index (χ3v) is 4.30. The quantitative estimate of drug-likeness (QED) is 0.745. The summed E-state index contributed by atoms with van der Waals surface area (Å²) < 4.78 is 5.15. The van der Waals surface area contributed by atoms with Crippen molar-refractivity contribution < 1.29 is 9.53 Å². The number of nitrogens with zero attached hydrogens (tertiary/aromatic N) is 2. The van der Waals surface area contributed by atoms with Crippen molar-refractivity contribution in [1.82, 2.24) is 9.80 Å². The molecule has 0 radical (unpaired) electrons. The highest BCUT2D eigenvalue weighted by Gasteiger charge is 2.50. The summed E-state index contributed by atoms with van der Waals surface area (Å²) in [6, 6.07) is 0. The van der Waals surface area contributed by atoms with Crippen molar-refractivity contribution in [2.24, 2.45) is 11.7 Å². The molecule has 0 aromatic heterocycles. The first-order valence-electron chi connectivity index (χ1n) is 6.81. The van der Waals surface area contributed by atoms with Crippen LogP contribution >= 0.6 is 0 Å². The van der Waals surface area contributed by atoms with Crippen molar-refractivity contribution in [2.75, 3.05) is 46.4 Å². The lowest BCUT2D eigenvalue weighted by Crippen LogP contribution is -2.48. The zero-order valence-corrected chi connectivity index (χ0v) is 11.5. The number of carbonyl (C=O) groups excluding carboxylic acids is 1. The number of hydrogen-bond donors (Lipinski definition) is 1. The molecular formula is C13H25N3O2. The van der Waals surface area contributed by atoms with Gasteiger partial charge in [0.15, 0.2) is 0 Å². The van der Waals surface area contributed by atoms with Gasteiger partial charge in [-0.1, -0.05) is 0 Å². The second-order valence-electron chi connectivity index (χ2n) is 5.70. The molecular weight excluding hydrogens is 230 g/mol. The van der Waals surface area contributed by atoms with Gasteiger partial charge in [-0.3, -0.25) is 9.69 Å². The van der Waals surface area contributed by atoms with Gasteiger partial charge in [0.2, 0.25) is 5.91 Å². The predicted octanol–water partition coefficient (Wildman–Crippen LogP) is -0.0956. The molecule has 104 valence electrons. The van der Waals surface area contributed by atoms with Crippen molar-refractivity contribution in [3.63, 3.8) is 0 Å². The summed E-state index contributed by atoms with van der Waals surface area (Å²) in [4.78, 5) is 15.6. The molecule has 1 heterocycles. The largest absolute Gasteiger partial charge is 0.383 e. The number of methoxy groups -OCH3 is 1. The molecule has 0 aromatic carbocycles. The van der Waals surface area contributed by atoms with E-state index in [1.807, 2.05) is 4.90 Å². The minimum Gasteiger partial charge on any atom is -0.383 e. The van der Waals surface area contributed by atoms with E-state index in [4.69, 9.17) is 10.5 Å². The van der Waals surface area contributed by atoms with Crippen molar-refractivity contribution in [2.45, 2.75) is 25.3 Å². The number of carbonyl (C=O) groups is 1. The highest BCUT2D eigenvalue weighted by atomic mass is 16.5. The van der Waals surface area contributed by atoms with Crippen molar-refractivity contribution in [3.05, 3.63) is 0 Å². The molecule has 1 aliphatic heterocycles. The van der Waals surface area contributed by atoms with E-state index in [1.165, 1.54) is 0 Å². The van der Waals surface area contributed by atoms with Crippen LogP contribution in [0.15, 0.2) is 0 Å². The van der Waals surface area contributed by atoms with E-state index < -0.39 is 0 Å². The molecule has 1 saturated heterocycles. The first kappa shape index (κ1) is 13.8. The maximum absolute atomic E-state index is 11.2. The number of amides is 1. The van der Waals surface area contributed by atoms with E-state index in [-0.39, 0.29) is 11.4 Å². The van der Waals surface area contributed by atoms with Gasteiger partial charge in [0.25, 0.3) is 0 Å². The molecule has 5 heteroatoms. The second kappa shape index (κ2) is 5.55. The number of nitrogens with two attached hydrogens (primary N) is 1. The van der Waals surface area contributed by atoms with Gasteiger partial charge in [0.05, 0.1) is 6.61 Å². The molecule has 1 saturated carbocycles. The predicted molar refractivity (Wildman–Crippen MR) is 70.2 cm³/mol. The summed E-state index contributed by atoms with van der Waals surface area (Å²) in [6.45, 7) is 7.14. The Morgan fingerprint density at radius 2 is 2.06 bits per heavy atom. The van der Waals surface area contributed by atoms with Gasteiger partial charge in [0.1, 0.15) is 0 Å². The topological polar surface area (TPSA) is 58.8 Å². The fourth-order valence-corrected chi connectivity index (χ4v) is 2.86. The Morgan fingerprint density at radius 3 is 2.61 bits per heavy atom. The molecule has 0 bridgehead atoms. The maximum atomic E-state index is 11.2. The molecule has 2 N–H and O–H groups in total. The Hall–Kier alpha value is -0.650. The Morgan fingerprint density at radius 1 is 1.39 bits per heavy atom. The van der Waals surface area contributed by atoms with Gasteiger partial charge in [0, 0.05) is 45.8 Å². The maximum Gasteiger partial charge on any atom is 0.219 e. The highest BCUT2D eigenvalue weighted by Crippen LogP contribution is 2.43. The second-order valence-corrected chi connectivity index (χ2v) is 5.70. The van der Waals surface area contributed by atoms with Crippen LogP contribution in [-0.2, 0) is 9.53 Å². The van der Waals surface area contributed by atoms with Crippen LogP contribution in [0.25, 0.3) is 0 Å². The molecule has 0 unspecified atom stereocenters. The third-order valence-electron chi connectivity index (χ3n) is 4.30. The summed E-state index contributed by atoms with van der Waals surface area (Å²) in [7, 11) is 1.71. The Balaban J connectivity index is 1.63. The molecule has 0 aromatic rings. The van der Waals surface area contributed by atoms with Gasteiger partial charge in [-0.25, -0.2) is 0 Å². The SMILES string of the molecule is COC[C@@]1(N)C[C@H]1CCN1CCN(C(C)=O)CC1. The summed E-state index contributed by atoms with van der Waals surface area (Å²) in [5.41, 5.74) is 6.12. The van der Waals surface area contributed by atoms with E-state index in [9.17, 15) is 4.79 Å². The van der Waals surface area contributed by atoms with Crippen LogP contribution < -0.4 is 5.73 Å². The highest BCUT2D eigenvalue weighted by molar-refractivity contribution is 5.73. The molecule has 2 aliphatic rings. The van der Waals surface area contributed by atoms with Crippen LogP contribution in [0.4, 0.5) is 0 Å². The standard InChI is InChI=1S/C13H25N3O2/c1-11(17)16-7-5-15(6-8-16)4-3-12-9-13(12,14)10-18-2/h12H,3-10,14H2,1-2H3/t12-,13+/m1/s1. The fraction of sp³-hybridized carbons (Fsp3) is 0.923. The monoisotopic (exact) mass is 255 g/mol. The molecule has 5 nitrogen and oxygen atoms in total. The lowest BCUT2D eigenvalue weighted by atomic mass is 10.1. The zero-order chi connectivity index (χ0) is 13.2. The first-order chi connectivity index (χ1) is 8.55. The van der Waals surface area contributed by atoms with Crippen LogP contribution in [0.2, 0.25) is 0 Å². The number of hydrogen-bond acceptors (Lipinski definition) is 4. The minimum absolute atomic E-state index is 0.0596. The van der Waals surface area contributed by atoms with Crippen molar-refractivity contribution in [1.29, 1.82) is 0 Å². The fourth-order valence-electron chi connectivity index (χ4n) is 2.86. The van der Waals surface area contributed by atoms with Crippen LogP contribution in [0.5, 0.6) is 0 Å². The Bertz CT molecular complexity index is 303. The van der Waals surface area contributed by atoms with Crippen LogP contribution in [0.1, 0.15) is 19.8 Å². The Labute approximate surface area is 109 Å². The molecule has 1 amide bonds. The normalized spacial score (nSPS) is 32.6. The first-order valence-corrected chi connectivity index (χ1v) is 6.81. The molecule has 2 rings (SSSR count). The summed E-state index contributed by atoms with van der Waals surface area (Å²) in [6.07, 6.45) is 2.24. The van der Waals surface area contributed by atoms with E-state index in [0.717, 1.165) is 45.6 Å². The van der Waals surface area contributed by atoms with Crippen molar-refractivity contribution >= 4 is 5.91 Å². The lowest BCUT2D eigenvalue weighted by molar-refractivity contribution is -0.130. The van der Waals surface area contributed by atoms with Crippen LogP contribution in [-0.4, -0.2) is 67.7 Å². The number of ether oxygens (including phenoxy) is 1. The molecule has 1 aliphatic carbocycles. The lowest BCUT2D eigenvalue weighted by Gasteiger charge is -2.34. The molecule has 0 spiro atoms. The minimum atomic E-state index is -0.0596. The summed E-state index contributed by atoms with van der Waals surface area (Å²) in [5, 5.41) is 0. The molecule has 2 fully saturated rings. The summed E-state index contributed by atoms with van der Waals surface area (Å²) >= 11 is 0. The van der Waals surface area contributed by atoms with Crippen molar-refractivity contribution in [3.8, 4) is 0 Å². The van der Waals surface area contributed by atoms with Gasteiger partial charge in [-0.05, 0) is 25.3 Å². The van der Waals surface area contributed by atoms with E-state index in [1.54, 1.807) is 14.0 Å². The van der Waals surface area contributed by atoms with E-state index in [2.05, 4.69) is 4.90 Å². The summed E-state index contributed by atoms with van der Waals surface area (Å²) in [5.74, 6) is 0.807.